The van der Waals surface area contributed by atoms with Crippen molar-refractivity contribution in [1.29, 1.82) is 0 Å². The highest BCUT2D eigenvalue weighted by Crippen LogP contribution is 2.20. The molecule has 0 saturated heterocycles. The topological polar surface area (TPSA) is 37.4 Å². The molecule has 108 valence electrons. The highest BCUT2D eigenvalue weighted by Gasteiger charge is 2.26. The molecule has 0 aliphatic heterocycles. The van der Waals surface area contributed by atoms with Gasteiger partial charge >= 0.3 is 0 Å². The Labute approximate surface area is 117 Å². The first-order chi connectivity index (χ1) is 9.04. The van der Waals surface area contributed by atoms with E-state index in [0.29, 0.717) is 4.90 Å². The van der Waals surface area contributed by atoms with Crippen molar-refractivity contribution in [1.82, 2.24) is 4.31 Å². The van der Waals surface area contributed by atoms with Gasteiger partial charge in [0.05, 0.1) is 4.90 Å². The molecule has 1 atom stereocenters. The molecule has 0 amide bonds. The summed E-state index contributed by atoms with van der Waals surface area (Å²) in [6, 6.07) is 8.77. The van der Waals surface area contributed by atoms with Crippen LogP contribution in [0.1, 0.15) is 46.0 Å². The van der Waals surface area contributed by atoms with Gasteiger partial charge in [-0.05, 0) is 25.0 Å². The van der Waals surface area contributed by atoms with Crippen molar-refractivity contribution in [2.24, 2.45) is 0 Å². The van der Waals surface area contributed by atoms with E-state index in [2.05, 4.69) is 6.92 Å². The zero-order valence-corrected chi connectivity index (χ0v) is 13.0. The molecule has 1 rings (SSSR count). The molecule has 0 aliphatic rings. The average molecular weight is 283 g/mol. The van der Waals surface area contributed by atoms with E-state index in [-0.39, 0.29) is 6.04 Å². The van der Waals surface area contributed by atoms with Crippen LogP contribution in [-0.2, 0) is 10.0 Å². The van der Waals surface area contributed by atoms with E-state index in [1.54, 1.807) is 31.3 Å². The Morgan fingerprint density at radius 3 is 2.26 bits per heavy atom. The number of nitrogens with zero attached hydrogens (tertiary/aromatic N) is 1. The molecule has 0 spiro atoms. The van der Waals surface area contributed by atoms with Crippen molar-refractivity contribution < 1.29 is 8.42 Å². The minimum absolute atomic E-state index is 0.0942. The maximum absolute atomic E-state index is 12.5. The van der Waals surface area contributed by atoms with Gasteiger partial charge in [-0.3, -0.25) is 0 Å². The summed E-state index contributed by atoms with van der Waals surface area (Å²) in [5, 5.41) is 0. The predicted molar refractivity (Wildman–Crippen MR) is 79.6 cm³/mol. The van der Waals surface area contributed by atoms with E-state index in [4.69, 9.17) is 0 Å². The monoisotopic (exact) mass is 283 g/mol. The molecule has 1 aromatic rings. The molecular weight excluding hydrogens is 258 g/mol. The molecule has 19 heavy (non-hydrogen) atoms. The van der Waals surface area contributed by atoms with Crippen LogP contribution < -0.4 is 0 Å². The standard InChI is InChI=1S/C15H25NO2S/c1-4-6-8-11-14(5-2)16(3)19(17,18)15-12-9-7-10-13-15/h7,9-10,12-14H,4-6,8,11H2,1-3H3. The quantitative estimate of drug-likeness (QED) is 0.683. The Balaban J connectivity index is 2.81. The first kappa shape index (κ1) is 16.2. The minimum atomic E-state index is -3.35. The van der Waals surface area contributed by atoms with Crippen molar-refractivity contribution in [3.8, 4) is 0 Å². The van der Waals surface area contributed by atoms with Gasteiger partial charge in [0.25, 0.3) is 0 Å². The third kappa shape index (κ3) is 4.32. The van der Waals surface area contributed by atoms with E-state index >= 15 is 0 Å². The second-order valence-corrected chi connectivity index (χ2v) is 6.89. The van der Waals surface area contributed by atoms with Crippen LogP contribution in [0.25, 0.3) is 0 Å². The SMILES string of the molecule is CCCCCC(CC)N(C)S(=O)(=O)c1ccccc1. The number of sulfonamides is 1. The third-order valence-electron chi connectivity index (χ3n) is 3.55. The summed E-state index contributed by atoms with van der Waals surface area (Å²) in [6.07, 6.45) is 5.20. The summed E-state index contributed by atoms with van der Waals surface area (Å²) < 4.78 is 26.5. The maximum Gasteiger partial charge on any atom is 0.243 e. The lowest BCUT2D eigenvalue weighted by molar-refractivity contribution is 0.332. The second-order valence-electron chi connectivity index (χ2n) is 4.89. The number of rotatable bonds is 8. The zero-order valence-electron chi connectivity index (χ0n) is 12.2. The fourth-order valence-electron chi connectivity index (χ4n) is 2.23. The molecule has 0 fully saturated rings. The zero-order chi connectivity index (χ0) is 14.3. The number of benzene rings is 1. The van der Waals surface area contributed by atoms with Crippen molar-refractivity contribution in [2.75, 3.05) is 7.05 Å². The van der Waals surface area contributed by atoms with Crippen LogP contribution in [0.3, 0.4) is 0 Å². The fraction of sp³-hybridized carbons (Fsp3) is 0.600. The summed E-state index contributed by atoms with van der Waals surface area (Å²) in [5.74, 6) is 0. The molecule has 3 nitrogen and oxygen atoms in total. The van der Waals surface area contributed by atoms with Gasteiger partial charge in [-0.15, -0.1) is 0 Å². The lowest BCUT2D eigenvalue weighted by Gasteiger charge is -2.26. The third-order valence-corrected chi connectivity index (χ3v) is 5.47. The van der Waals surface area contributed by atoms with Crippen LogP contribution in [0, 0.1) is 0 Å². The highest BCUT2D eigenvalue weighted by atomic mass is 32.2. The molecule has 0 bridgehead atoms. The van der Waals surface area contributed by atoms with Gasteiger partial charge in [0.2, 0.25) is 10.0 Å². The summed E-state index contributed by atoms with van der Waals surface area (Å²) in [7, 11) is -1.66. The van der Waals surface area contributed by atoms with Crippen LogP contribution in [-0.4, -0.2) is 25.8 Å². The minimum Gasteiger partial charge on any atom is -0.207 e. The molecule has 1 unspecified atom stereocenters. The van der Waals surface area contributed by atoms with Gasteiger partial charge in [-0.25, -0.2) is 8.42 Å². The normalized spacial score (nSPS) is 13.7. The van der Waals surface area contributed by atoms with E-state index in [1.165, 1.54) is 4.31 Å². The van der Waals surface area contributed by atoms with E-state index < -0.39 is 10.0 Å². The summed E-state index contributed by atoms with van der Waals surface area (Å²) in [6.45, 7) is 4.21. The second kappa shape index (κ2) is 7.65. The molecule has 0 radical (unpaired) electrons. The maximum atomic E-state index is 12.5. The first-order valence-corrected chi connectivity index (χ1v) is 8.51. The van der Waals surface area contributed by atoms with Crippen LogP contribution in [0.5, 0.6) is 0 Å². The van der Waals surface area contributed by atoms with Gasteiger partial charge < -0.3 is 0 Å². The summed E-state index contributed by atoms with van der Waals surface area (Å²) in [4.78, 5) is 0.381. The Morgan fingerprint density at radius 1 is 1.11 bits per heavy atom. The molecule has 0 aromatic heterocycles. The summed E-state index contributed by atoms with van der Waals surface area (Å²) >= 11 is 0. The highest BCUT2D eigenvalue weighted by molar-refractivity contribution is 7.89. The van der Waals surface area contributed by atoms with Crippen LogP contribution in [0.2, 0.25) is 0 Å². The fourth-order valence-corrected chi connectivity index (χ4v) is 3.71. The van der Waals surface area contributed by atoms with Gasteiger partial charge in [0.15, 0.2) is 0 Å². The Kier molecular flexibility index (Phi) is 6.52. The van der Waals surface area contributed by atoms with Crippen molar-refractivity contribution in [3.63, 3.8) is 0 Å². The molecule has 0 saturated carbocycles. The van der Waals surface area contributed by atoms with E-state index in [0.717, 1.165) is 32.1 Å². The van der Waals surface area contributed by atoms with Crippen LogP contribution in [0.15, 0.2) is 35.2 Å². The van der Waals surface area contributed by atoms with Crippen molar-refractivity contribution in [3.05, 3.63) is 30.3 Å². The molecule has 0 N–H and O–H groups in total. The van der Waals surface area contributed by atoms with Crippen LogP contribution in [0.4, 0.5) is 0 Å². The largest absolute Gasteiger partial charge is 0.243 e. The Bertz CT molecular complexity index is 456. The van der Waals surface area contributed by atoms with Crippen molar-refractivity contribution >= 4 is 10.0 Å². The van der Waals surface area contributed by atoms with Gasteiger partial charge in [0, 0.05) is 13.1 Å². The first-order valence-electron chi connectivity index (χ1n) is 7.07. The lowest BCUT2D eigenvalue weighted by atomic mass is 10.1. The number of hydrogen-bond acceptors (Lipinski definition) is 2. The van der Waals surface area contributed by atoms with Gasteiger partial charge in [0.1, 0.15) is 0 Å². The van der Waals surface area contributed by atoms with Gasteiger partial charge in [-0.1, -0.05) is 51.3 Å². The van der Waals surface area contributed by atoms with E-state index in [9.17, 15) is 8.42 Å². The number of unbranched alkanes of at least 4 members (excludes halogenated alkanes) is 2. The number of hydrogen-bond donors (Lipinski definition) is 0. The average Bonchev–Trinajstić information content (AvgIpc) is 2.44. The molecule has 1 aromatic carbocycles. The molecule has 4 heteroatoms. The molecule has 0 heterocycles. The predicted octanol–water partition coefficient (Wildman–Crippen LogP) is 3.67. The van der Waals surface area contributed by atoms with E-state index in [1.807, 2.05) is 13.0 Å². The van der Waals surface area contributed by atoms with Crippen LogP contribution >= 0.6 is 0 Å². The van der Waals surface area contributed by atoms with Gasteiger partial charge in [-0.2, -0.15) is 4.31 Å². The molecule has 0 aliphatic carbocycles. The molecular formula is C15H25NO2S. The Morgan fingerprint density at radius 2 is 1.74 bits per heavy atom. The summed E-state index contributed by atoms with van der Waals surface area (Å²) in [5.41, 5.74) is 0. The Hall–Kier alpha value is -0.870. The lowest BCUT2D eigenvalue weighted by Crippen LogP contribution is -2.36. The van der Waals surface area contributed by atoms with Crippen molar-refractivity contribution in [2.45, 2.75) is 56.9 Å². The smallest absolute Gasteiger partial charge is 0.207 e.